The number of carbonyl (C=O) groups is 2. The largest absolute Gasteiger partial charge is 0.573 e. The van der Waals surface area contributed by atoms with Crippen LogP contribution in [0.2, 0.25) is 0 Å². The van der Waals surface area contributed by atoms with Gasteiger partial charge in [0.1, 0.15) is 11.5 Å². The summed E-state index contributed by atoms with van der Waals surface area (Å²) in [7, 11) is 0. The number of pyridine rings is 1. The van der Waals surface area contributed by atoms with Gasteiger partial charge in [0.2, 0.25) is 5.88 Å². The molecule has 1 amide bonds. The molecular formula is C33H26BrF3N2O5. The van der Waals surface area contributed by atoms with E-state index in [9.17, 15) is 27.9 Å². The maximum absolute atomic E-state index is 14.4. The van der Waals surface area contributed by atoms with Gasteiger partial charge in [-0.25, -0.2) is 4.98 Å². The number of aliphatic carboxylic acids is 1. The van der Waals surface area contributed by atoms with E-state index < -0.39 is 34.9 Å². The van der Waals surface area contributed by atoms with Gasteiger partial charge in [0.25, 0.3) is 5.91 Å². The highest BCUT2D eigenvalue weighted by molar-refractivity contribution is 9.10. The lowest BCUT2D eigenvalue weighted by atomic mass is 9.57. The molecule has 11 heteroatoms. The molecule has 1 aromatic heterocycles. The third-order valence-corrected chi connectivity index (χ3v) is 8.94. The summed E-state index contributed by atoms with van der Waals surface area (Å²) in [5.41, 5.74) is -0.820. The molecule has 2 bridgehead atoms. The zero-order valence-electron chi connectivity index (χ0n) is 23.4. The van der Waals surface area contributed by atoms with Gasteiger partial charge >= 0.3 is 12.3 Å². The topological polar surface area (TPSA) is 97.8 Å². The van der Waals surface area contributed by atoms with Gasteiger partial charge in [-0.3, -0.25) is 9.59 Å². The maximum Gasteiger partial charge on any atom is 0.573 e. The summed E-state index contributed by atoms with van der Waals surface area (Å²) >= 11 is 3.47. The predicted molar refractivity (Wildman–Crippen MR) is 161 cm³/mol. The number of aromatic nitrogens is 1. The second-order valence-electron chi connectivity index (χ2n) is 11.1. The predicted octanol–water partition coefficient (Wildman–Crippen LogP) is 8.21. The first-order valence-electron chi connectivity index (χ1n) is 13.9. The van der Waals surface area contributed by atoms with Crippen LogP contribution in [0.4, 0.5) is 13.2 Å². The Morgan fingerprint density at radius 1 is 0.977 bits per heavy atom. The van der Waals surface area contributed by atoms with Gasteiger partial charge in [-0.2, -0.15) is 0 Å². The van der Waals surface area contributed by atoms with Gasteiger partial charge in [-0.1, -0.05) is 58.4 Å². The molecule has 0 aliphatic heterocycles. The molecule has 0 unspecified atom stereocenters. The van der Waals surface area contributed by atoms with Gasteiger partial charge in [-0.15, -0.1) is 13.2 Å². The second-order valence-corrected chi connectivity index (χ2v) is 12.0. The molecule has 1 fully saturated rings. The van der Waals surface area contributed by atoms with Crippen LogP contribution in [-0.4, -0.2) is 33.9 Å². The first-order chi connectivity index (χ1) is 20.9. The minimum Gasteiger partial charge on any atom is -0.481 e. The number of hydrogen-bond donors (Lipinski definition) is 2. The van der Waals surface area contributed by atoms with Crippen molar-refractivity contribution >= 4 is 44.3 Å². The van der Waals surface area contributed by atoms with Gasteiger partial charge in [0.15, 0.2) is 0 Å². The number of nitrogens with one attached hydrogen (secondary N) is 1. The quantitative estimate of drug-likeness (QED) is 0.206. The van der Waals surface area contributed by atoms with Crippen LogP contribution < -0.4 is 14.8 Å². The van der Waals surface area contributed by atoms with E-state index in [1.165, 1.54) is 24.3 Å². The van der Waals surface area contributed by atoms with Crippen molar-refractivity contribution in [3.8, 4) is 17.4 Å². The number of alkyl halides is 3. The Morgan fingerprint density at radius 3 is 2.34 bits per heavy atom. The van der Waals surface area contributed by atoms with Crippen molar-refractivity contribution in [1.29, 1.82) is 0 Å². The van der Waals surface area contributed by atoms with Crippen LogP contribution in [0.15, 0.2) is 83.3 Å². The van der Waals surface area contributed by atoms with Crippen molar-refractivity contribution in [1.82, 2.24) is 10.3 Å². The Kier molecular flexibility index (Phi) is 7.39. The minimum absolute atomic E-state index is 0.0716. The molecule has 44 heavy (non-hydrogen) atoms. The van der Waals surface area contributed by atoms with E-state index in [0.717, 1.165) is 4.47 Å². The van der Waals surface area contributed by atoms with Crippen molar-refractivity contribution < 1.29 is 37.3 Å². The summed E-state index contributed by atoms with van der Waals surface area (Å²) in [6, 6.07) is 19.9. The van der Waals surface area contributed by atoms with Crippen LogP contribution in [0.25, 0.3) is 16.5 Å². The van der Waals surface area contributed by atoms with Crippen molar-refractivity contribution in [2.75, 3.05) is 0 Å². The zero-order valence-corrected chi connectivity index (χ0v) is 25.0. The Balaban J connectivity index is 1.47. The number of carboxylic acids is 1. The lowest BCUT2D eigenvalue weighted by Gasteiger charge is -2.51. The molecule has 0 spiro atoms. The van der Waals surface area contributed by atoms with E-state index in [-0.39, 0.29) is 48.3 Å². The number of carbonyl (C=O) groups excluding carboxylic acids is 1. The lowest BCUT2D eigenvalue weighted by Crippen LogP contribution is -2.57. The first-order valence-corrected chi connectivity index (χ1v) is 14.7. The summed E-state index contributed by atoms with van der Waals surface area (Å²) in [4.78, 5) is 31.5. The number of rotatable bonds is 7. The number of hydrogen-bond acceptors (Lipinski definition) is 5. The first kappa shape index (κ1) is 29.7. The molecule has 0 saturated heterocycles. The zero-order chi connectivity index (χ0) is 31.3. The number of fused-ring (bicyclic) bond motifs is 3. The van der Waals surface area contributed by atoms with Gasteiger partial charge in [0, 0.05) is 21.0 Å². The second kappa shape index (κ2) is 11.0. The molecule has 4 aromatic rings. The molecule has 3 aliphatic rings. The fourth-order valence-electron chi connectivity index (χ4n) is 6.24. The van der Waals surface area contributed by atoms with Crippen LogP contribution in [0.1, 0.15) is 47.2 Å². The monoisotopic (exact) mass is 666 g/mol. The van der Waals surface area contributed by atoms with Crippen LogP contribution in [0.3, 0.4) is 0 Å². The van der Waals surface area contributed by atoms with E-state index in [2.05, 4.69) is 31.0 Å². The smallest absolute Gasteiger partial charge is 0.481 e. The van der Waals surface area contributed by atoms with Crippen LogP contribution in [-0.2, 0) is 4.79 Å². The van der Waals surface area contributed by atoms with Crippen molar-refractivity contribution in [3.63, 3.8) is 0 Å². The maximum atomic E-state index is 14.4. The highest BCUT2D eigenvalue weighted by atomic mass is 79.9. The molecule has 3 aliphatic carbocycles. The highest BCUT2D eigenvalue weighted by Crippen LogP contribution is 2.56. The molecule has 1 saturated carbocycles. The summed E-state index contributed by atoms with van der Waals surface area (Å²) in [5.74, 6) is -1.27. The standard InChI is InChI=1S/C33H26BrF3N2O5/c1-19-27(23-17-20(34)11-12-25(23)38-29(19)43-21-7-3-2-4-8-21)28(40)39-32-15-13-31(14-16-32,30(41)42)18-24(32)22-9-5-6-10-26(22)44-33(35,36)37/h2-12,17-18H,13-16H2,1H3,(H,39,40)(H,41,42). The summed E-state index contributed by atoms with van der Waals surface area (Å²) in [6.45, 7) is 1.72. The Hall–Kier alpha value is -4.38. The van der Waals surface area contributed by atoms with Gasteiger partial charge < -0.3 is 19.9 Å². The number of amides is 1. The molecule has 2 N–H and O–H groups in total. The Bertz CT molecular complexity index is 1820. The lowest BCUT2D eigenvalue weighted by molar-refractivity contribution is -0.274. The average Bonchev–Trinajstić information content (AvgIpc) is 2.98. The van der Waals surface area contributed by atoms with E-state index in [1.54, 1.807) is 43.3 Å². The molecule has 226 valence electrons. The van der Waals surface area contributed by atoms with Crippen molar-refractivity contribution in [3.05, 3.63) is 100 Å². The molecule has 0 radical (unpaired) electrons. The number of para-hydroxylation sites is 2. The number of halogens is 4. The summed E-state index contributed by atoms with van der Waals surface area (Å²) in [5, 5.41) is 13.8. The molecule has 7 nitrogen and oxygen atoms in total. The van der Waals surface area contributed by atoms with Gasteiger partial charge in [0.05, 0.1) is 22.0 Å². The van der Waals surface area contributed by atoms with Crippen LogP contribution in [0, 0.1) is 12.3 Å². The van der Waals surface area contributed by atoms with E-state index in [0.29, 0.717) is 22.2 Å². The van der Waals surface area contributed by atoms with Crippen LogP contribution >= 0.6 is 15.9 Å². The van der Waals surface area contributed by atoms with Crippen LogP contribution in [0.5, 0.6) is 17.4 Å². The highest BCUT2D eigenvalue weighted by Gasteiger charge is 2.54. The third-order valence-electron chi connectivity index (χ3n) is 8.44. The fourth-order valence-corrected chi connectivity index (χ4v) is 6.60. The average molecular weight is 667 g/mol. The SMILES string of the molecule is Cc1c(Oc2ccccc2)nc2ccc(Br)cc2c1C(=O)NC12CCC(C(=O)O)(C=C1c1ccccc1OC(F)(F)F)CC2. The summed E-state index contributed by atoms with van der Waals surface area (Å²) < 4.78 is 51.3. The normalized spacial score (nSPS) is 21.1. The summed E-state index contributed by atoms with van der Waals surface area (Å²) in [6.07, 6.45) is -2.65. The van der Waals surface area contributed by atoms with E-state index in [1.807, 2.05) is 18.2 Å². The molecule has 1 heterocycles. The number of benzene rings is 3. The molecule has 0 atom stereocenters. The minimum atomic E-state index is -4.97. The number of ether oxygens (including phenoxy) is 2. The van der Waals surface area contributed by atoms with Crippen molar-refractivity contribution in [2.24, 2.45) is 5.41 Å². The number of nitrogens with zero attached hydrogens (tertiary/aromatic N) is 1. The third kappa shape index (κ3) is 5.40. The Morgan fingerprint density at radius 2 is 1.66 bits per heavy atom. The van der Waals surface area contributed by atoms with E-state index >= 15 is 0 Å². The molecule has 7 rings (SSSR count). The molecule has 3 aromatic carbocycles. The van der Waals surface area contributed by atoms with E-state index in [4.69, 9.17) is 4.74 Å². The van der Waals surface area contributed by atoms with Gasteiger partial charge in [-0.05, 0) is 74.6 Å². The molecular weight excluding hydrogens is 641 g/mol. The fraction of sp³-hybridized carbons (Fsp3) is 0.242. The Labute approximate surface area is 258 Å². The number of carboxylic acid groups (broad SMARTS) is 1. The van der Waals surface area contributed by atoms with Crippen molar-refractivity contribution in [2.45, 2.75) is 44.5 Å².